The van der Waals surface area contributed by atoms with Crippen LogP contribution in [0.15, 0.2) is 0 Å². The molecule has 0 amide bonds. The Labute approximate surface area is 71.7 Å². The van der Waals surface area contributed by atoms with Crippen LogP contribution in [0.2, 0.25) is 0 Å². The summed E-state index contributed by atoms with van der Waals surface area (Å²) in [7, 11) is 0. The van der Waals surface area contributed by atoms with E-state index in [1.807, 2.05) is 0 Å². The van der Waals surface area contributed by atoms with Gasteiger partial charge in [0, 0.05) is 29.2 Å². The largest absolute Gasteiger partial charge is 0.652 e. The molecule has 0 radical (unpaired) electrons. The first-order valence-corrected chi connectivity index (χ1v) is 1.22. The Balaban J connectivity index is -0.0000000720. The molecule has 0 fully saturated rings. The molecule has 0 spiro atoms. The second kappa shape index (κ2) is 10.5. The summed E-state index contributed by atoms with van der Waals surface area (Å²) in [5.74, 6) is 0. The third-order valence-electron chi connectivity index (χ3n) is 0. The third kappa shape index (κ3) is 1030. The first-order chi connectivity index (χ1) is 3.46. The van der Waals surface area contributed by atoms with E-state index in [2.05, 4.69) is 0 Å². The minimum atomic E-state index is -2.33. The minimum Gasteiger partial charge on any atom is -0.652 e. The van der Waals surface area contributed by atoms with E-state index in [9.17, 15) is 0 Å². The average molecular weight is 364 g/mol. The van der Waals surface area contributed by atoms with Gasteiger partial charge in [0.1, 0.15) is 0 Å². The Bertz CT molecular complexity index is 69.1. The monoisotopic (exact) mass is 358 g/mol. The Morgan fingerprint density at radius 3 is 0.778 bits per heavy atom. The van der Waals surface area contributed by atoms with Crippen LogP contribution in [0, 0.1) is 29.2 Å². The molecular formula is C2O6Pu-4. The molecule has 0 saturated carbocycles. The number of carbonyl (C=O) groups is 2. The fourth-order valence-electron chi connectivity index (χ4n) is 0. The van der Waals surface area contributed by atoms with Crippen LogP contribution in [0.5, 0.6) is 0 Å². The van der Waals surface area contributed by atoms with Crippen molar-refractivity contribution in [1.82, 2.24) is 0 Å². The van der Waals surface area contributed by atoms with Gasteiger partial charge in [-0.3, -0.25) is 0 Å². The van der Waals surface area contributed by atoms with Gasteiger partial charge >= 0.3 is 0 Å². The van der Waals surface area contributed by atoms with Crippen molar-refractivity contribution in [2.24, 2.45) is 0 Å². The molecule has 6 nitrogen and oxygen atoms in total. The zero-order valence-corrected chi connectivity index (χ0v) is 7.26. The molecule has 0 heterocycles. The van der Waals surface area contributed by atoms with Gasteiger partial charge < -0.3 is 30.0 Å². The number of hydrogen-bond donors (Lipinski definition) is 0. The molecule has 0 bridgehead atoms. The molecule has 0 atom stereocenters. The molecule has 0 unspecified atom stereocenters. The molecule has 0 rings (SSSR count). The maximum Gasteiger partial charge on any atom is 0 e. The first kappa shape index (κ1) is 15.8. The standard InChI is InChI=1S/2CH2O3.Pu/c2*2-1(3)4;/h2*(H2,2,3,4);/p-4. The second-order valence-electron chi connectivity index (χ2n) is 0.500. The third-order valence-corrected chi connectivity index (χ3v) is 0. The molecule has 0 aromatic rings. The summed E-state index contributed by atoms with van der Waals surface area (Å²) in [6.45, 7) is 0. The van der Waals surface area contributed by atoms with Crippen molar-refractivity contribution in [3.05, 3.63) is 0 Å². The fraction of sp³-hybridized carbons (Fsp3) is 0. The van der Waals surface area contributed by atoms with Gasteiger partial charge in [0.15, 0.2) is 0 Å². The summed E-state index contributed by atoms with van der Waals surface area (Å²) in [5.41, 5.74) is 0. The molecule has 54 valence electrons. The van der Waals surface area contributed by atoms with E-state index in [-0.39, 0.29) is 29.2 Å². The Morgan fingerprint density at radius 2 is 0.778 bits per heavy atom. The Kier molecular flexibility index (Phi) is 18.4. The molecule has 0 aliphatic rings. The first-order valence-electron chi connectivity index (χ1n) is 1.22. The van der Waals surface area contributed by atoms with Crippen LogP contribution in [0.3, 0.4) is 0 Å². The second-order valence-corrected chi connectivity index (χ2v) is 0.500. The van der Waals surface area contributed by atoms with Gasteiger partial charge in [-0.2, -0.15) is 0 Å². The van der Waals surface area contributed by atoms with E-state index in [1.54, 1.807) is 0 Å². The molecule has 7 heteroatoms. The Morgan fingerprint density at radius 1 is 0.778 bits per heavy atom. The van der Waals surface area contributed by atoms with Crippen molar-refractivity contribution >= 4 is 12.3 Å². The molecule has 0 aliphatic heterocycles. The summed E-state index contributed by atoms with van der Waals surface area (Å²) in [6.07, 6.45) is -4.67. The quantitative estimate of drug-likeness (QED) is 0.424. The predicted octanol–water partition coefficient (Wildman–Crippen LogP) is -4.89. The predicted molar refractivity (Wildman–Crippen MR) is 10.8 cm³/mol. The van der Waals surface area contributed by atoms with Crippen LogP contribution in [-0.4, -0.2) is 12.3 Å². The number of hydrogen-bond acceptors (Lipinski definition) is 6. The van der Waals surface area contributed by atoms with Crippen molar-refractivity contribution < 1.29 is 59.2 Å². The van der Waals surface area contributed by atoms with Crippen LogP contribution in [0.25, 0.3) is 0 Å². The summed E-state index contributed by atoms with van der Waals surface area (Å²) < 4.78 is 0. The summed E-state index contributed by atoms with van der Waals surface area (Å²) >= 11 is 0. The van der Waals surface area contributed by atoms with Gasteiger partial charge in [-0.05, 0) is 12.3 Å². The summed E-state index contributed by atoms with van der Waals surface area (Å²) in [5, 5.41) is 33.3. The van der Waals surface area contributed by atoms with Gasteiger partial charge in [-0.15, -0.1) is 0 Å². The molecule has 0 saturated heterocycles. The number of rotatable bonds is 0. The maximum absolute atomic E-state index is 8.33. The van der Waals surface area contributed by atoms with E-state index in [0.717, 1.165) is 0 Å². The average Bonchev–Trinajstić information content (AvgIpc) is 1.25. The summed E-state index contributed by atoms with van der Waals surface area (Å²) in [6, 6.07) is 0. The van der Waals surface area contributed by atoms with Crippen molar-refractivity contribution in [3.63, 3.8) is 0 Å². The molecule has 0 aliphatic carbocycles. The zero-order chi connectivity index (χ0) is 7.15. The normalized spacial score (nSPS) is 5.33. The van der Waals surface area contributed by atoms with Crippen LogP contribution >= 0.6 is 0 Å². The van der Waals surface area contributed by atoms with Crippen molar-refractivity contribution in [3.8, 4) is 0 Å². The minimum absolute atomic E-state index is 0. The van der Waals surface area contributed by atoms with Crippen LogP contribution < -0.4 is 20.4 Å². The molecule has 0 N–H and O–H groups in total. The van der Waals surface area contributed by atoms with E-state index in [1.165, 1.54) is 0 Å². The van der Waals surface area contributed by atoms with Crippen LogP contribution in [0.1, 0.15) is 0 Å². The topological polar surface area (TPSA) is 126 Å². The van der Waals surface area contributed by atoms with Gasteiger partial charge in [0.25, 0.3) is 0 Å². The molecule has 9 heavy (non-hydrogen) atoms. The molecule has 0 aromatic carbocycles. The van der Waals surface area contributed by atoms with Crippen LogP contribution in [-0.2, 0) is 0 Å². The van der Waals surface area contributed by atoms with E-state index >= 15 is 0 Å². The van der Waals surface area contributed by atoms with E-state index in [4.69, 9.17) is 30.0 Å². The van der Waals surface area contributed by atoms with Gasteiger partial charge in [-0.25, -0.2) is 0 Å². The molecular weight excluding hydrogens is 364 g/mol. The Hall–Kier alpha value is -0.473. The van der Waals surface area contributed by atoms with Gasteiger partial charge in [0.05, 0.1) is 0 Å². The van der Waals surface area contributed by atoms with Gasteiger partial charge in [0.2, 0.25) is 0 Å². The van der Waals surface area contributed by atoms with Crippen molar-refractivity contribution in [2.45, 2.75) is 0 Å². The number of carboxylic acid groups (broad SMARTS) is 4. The van der Waals surface area contributed by atoms with Crippen molar-refractivity contribution in [1.29, 1.82) is 0 Å². The van der Waals surface area contributed by atoms with Gasteiger partial charge in [-0.1, -0.05) is 0 Å². The SMILES string of the molecule is O=C([O-])[O-].O=C([O-])[O-].[Pu]. The maximum atomic E-state index is 8.33. The van der Waals surface area contributed by atoms with E-state index < -0.39 is 12.3 Å². The smallest absolute Gasteiger partial charge is 0 e. The zero-order valence-electron chi connectivity index (χ0n) is 3.86. The fourth-order valence-corrected chi connectivity index (χ4v) is 0. The number of carbonyl (C=O) groups excluding carboxylic acids is 2. The van der Waals surface area contributed by atoms with E-state index in [0.29, 0.717) is 0 Å². The van der Waals surface area contributed by atoms with Crippen LogP contribution in [0.4, 0.5) is 9.59 Å². The summed E-state index contributed by atoms with van der Waals surface area (Å²) in [4.78, 5) is 16.7. The molecule has 0 aromatic heterocycles. The van der Waals surface area contributed by atoms with Crippen molar-refractivity contribution in [2.75, 3.05) is 0 Å².